The molecule has 1 aliphatic heterocycles. The van der Waals surface area contributed by atoms with E-state index in [0.717, 1.165) is 11.4 Å². The van der Waals surface area contributed by atoms with E-state index >= 15 is 0 Å². The van der Waals surface area contributed by atoms with Crippen molar-refractivity contribution in [2.24, 2.45) is 28.8 Å². The number of fused-ring (bicyclic) bond motifs is 5. The van der Waals surface area contributed by atoms with Crippen LogP contribution >= 0.6 is 0 Å². The Morgan fingerprint density at radius 2 is 1.83 bits per heavy atom. The molecule has 146 valence electrons. The molecule has 1 aromatic heterocycles. The van der Waals surface area contributed by atoms with Crippen molar-refractivity contribution in [2.75, 3.05) is 0 Å². The molecule has 2 bridgehead atoms. The summed E-state index contributed by atoms with van der Waals surface area (Å²) in [5, 5.41) is 16.2. The van der Waals surface area contributed by atoms with Crippen molar-refractivity contribution in [3.8, 4) is 11.3 Å². The summed E-state index contributed by atoms with van der Waals surface area (Å²) in [5.74, 6) is -0.0500. The van der Waals surface area contributed by atoms with Crippen molar-refractivity contribution in [1.82, 2.24) is 5.01 Å². The van der Waals surface area contributed by atoms with Crippen molar-refractivity contribution in [3.63, 3.8) is 0 Å². The molecule has 2 aromatic rings. The summed E-state index contributed by atoms with van der Waals surface area (Å²) in [6, 6.07) is 8.16. The first-order chi connectivity index (χ1) is 13.9. The highest BCUT2D eigenvalue weighted by Crippen LogP contribution is 2.52. The number of amides is 2. The van der Waals surface area contributed by atoms with Crippen LogP contribution < -0.4 is 0 Å². The van der Waals surface area contributed by atoms with Crippen LogP contribution in [0.3, 0.4) is 0 Å². The highest BCUT2D eigenvalue weighted by atomic mass is 16.6. The number of rotatable bonds is 4. The van der Waals surface area contributed by atoms with E-state index in [1.54, 1.807) is 31.2 Å². The number of imide groups is 1. The Bertz CT molecular complexity index is 1090. The van der Waals surface area contributed by atoms with Gasteiger partial charge in [0.1, 0.15) is 11.5 Å². The number of hydrogen-bond donors (Lipinski definition) is 0. The molecule has 1 aromatic carbocycles. The van der Waals surface area contributed by atoms with Gasteiger partial charge in [0.2, 0.25) is 0 Å². The largest absolute Gasteiger partial charge is 0.455 e. The average Bonchev–Trinajstić information content (AvgIpc) is 3.46. The quantitative estimate of drug-likeness (QED) is 0.261. The number of benzene rings is 1. The van der Waals surface area contributed by atoms with Crippen LogP contribution in [0.4, 0.5) is 5.69 Å². The number of hydrogen-bond acceptors (Lipinski definition) is 6. The first-order valence-corrected chi connectivity index (χ1v) is 9.39. The predicted octanol–water partition coefficient (Wildman–Crippen LogP) is 3.30. The van der Waals surface area contributed by atoms with E-state index in [0.29, 0.717) is 22.6 Å². The van der Waals surface area contributed by atoms with Gasteiger partial charge in [-0.2, -0.15) is 10.1 Å². The molecule has 0 unspecified atom stereocenters. The van der Waals surface area contributed by atoms with Crippen molar-refractivity contribution >= 4 is 23.7 Å². The molecule has 2 aliphatic carbocycles. The molecule has 1 saturated heterocycles. The summed E-state index contributed by atoms with van der Waals surface area (Å²) < 4.78 is 5.69. The summed E-state index contributed by atoms with van der Waals surface area (Å²) in [7, 11) is 0. The van der Waals surface area contributed by atoms with E-state index in [4.69, 9.17) is 4.42 Å². The molecular formula is C21H17N3O5. The van der Waals surface area contributed by atoms with Crippen molar-refractivity contribution in [3.05, 3.63) is 63.9 Å². The lowest BCUT2D eigenvalue weighted by molar-refractivity contribution is -0.385. The smallest absolute Gasteiger partial charge is 0.273 e. The Morgan fingerprint density at radius 1 is 1.14 bits per heavy atom. The molecule has 0 radical (unpaired) electrons. The number of furan rings is 1. The fourth-order valence-corrected chi connectivity index (χ4v) is 4.65. The van der Waals surface area contributed by atoms with Gasteiger partial charge in [-0.25, -0.2) is 0 Å². The van der Waals surface area contributed by atoms with Gasteiger partial charge >= 0.3 is 0 Å². The van der Waals surface area contributed by atoms with E-state index in [1.807, 2.05) is 12.2 Å². The van der Waals surface area contributed by atoms with E-state index in [-0.39, 0.29) is 41.2 Å². The summed E-state index contributed by atoms with van der Waals surface area (Å²) in [5.41, 5.74) is 1.14. The average molecular weight is 391 g/mol. The third-order valence-corrected chi connectivity index (χ3v) is 6.06. The van der Waals surface area contributed by atoms with Gasteiger partial charge in [0, 0.05) is 17.2 Å². The zero-order chi connectivity index (χ0) is 20.3. The second-order valence-electron chi connectivity index (χ2n) is 7.69. The van der Waals surface area contributed by atoms with Gasteiger partial charge in [-0.05, 0) is 37.3 Å². The van der Waals surface area contributed by atoms with Crippen molar-refractivity contribution in [1.29, 1.82) is 0 Å². The number of carbonyl (C=O) groups is 2. The zero-order valence-electron chi connectivity index (χ0n) is 15.5. The molecule has 0 spiro atoms. The molecule has 8 heteroatoms. The van der Waals surface area contributed by atoms with Crippen LogP contribution in [0.2, 0.25) is 0 Å². The lowest BCUT2D eigenvalue weighted by Crippen LogP contribution is -2.28. The Hall–Kier alpha value is -3.55. The number of allylic oxidation sites excluding steroid dienone is 2. The lowest BCUT2D eigenvalue weighted by atomic mass is 9.85. The summed E-state index contributed by atoms with van der Waals surface area (Å²) in [6.45, 7) is 1.67. The predicted molar refractivity (Wildman–Crippen MR) is 103 cm³/mol. The molecule has 1 saturated carbocycles. The Morgan fingerprint density at radius 3 is 2.48 bits per heavy atom. The van der Waals surface area contributed by atoms with Crippen LogP contribution in [0.25, 0.3) is 11.3 Å². The van der Waals surface area contributed by atoms with Crippen LogP contribution in [0, 0.1) is 40.7 Å². The monoisotopic (exact) mass is 391 g/mol. The molecule has 2 amide bonds. The van der Waals surface area contributed by atoms with Gasteiger partial charge in [-0.15, -0.1) is 0 Å². The van der Waals surface area contributed by atoms with Crippen LogP contribution in [0.5, 0.6) is 0 Å². The van der Waals surface area contributed by atoms with Crippen LogP contribution in [0.1, 0.15) is 17.7 Å². The normalized spacial score (nSPS) is 27.4. The Balaban J connectivity index is 1.37. The van der Waals surface area contributed by atoms with Gasteiger partial charge < -0.3 is 4.42 Å². The summed E-state index contributed by atoms with van der Waals surface area (Å²) >= 11 is 0. The van der Waals surface area contributed by atoms with Gasteiger partial charge in [-0.3, -0.25) is 19.7 Å². The fraction of sp³-hybridized carbons (Fsp3) is 0.286. The summed E-state index contributed by atoms with van der Waals surface area (Å²) in [4.78, 5) is 36.0. The molecule has 5 rings (SSSR count). The second-order valence-corrected chi connectivity index (χ2v) is 7.69. The Labute approximate surface area is 165 Å². The molecule has 29 heavy (non-hydrogen) atoms. The van der Waals surface area contributed by atoms with Gasteiger partial charge in [0.05, 0.1) is 23.0 Å². The maximum absolute atomic E-state index is 12.6. The molecule has 8 nitrogen and oxygen atoms in total. The number of carbonyl (C=O) groups excluding carboxylic acids is 2. The highest BCUT2D eigenvalue weighted by Gasteiger charge is 2.59. The minimum atomic E-state index is -0.437. The molecule has 0 N–H and O–H groups in total. The first kappa shape index (κ1) is 17.5. The number of hydrazone groups is 1. The van der Waals surface area contributed by atoms with Crippen LogP contribution in [-0.2, 0) is 9.59 Å². The minimum absolute atomic E-state index is 0.0113. The lowest BCUT2D eigenvalue weighted by Gasteiger charge is -2.13. The highest BCUT2D eigenvalue weighted by molar-refractivity contribution is 6.06. The number of nitro benzene ring substituents is 1. The third-order valence-electron chi connectivity index (χ3n) is 6.06. The summed E-state index contributed by atoms with van der Waals surface area (Å²) in [6.07, 6.45) is 6.26. The Kier molecular flexibility index (Phi) is 3.77. The van der Waals surface area contributed by atoms with Crippen LogP contribution in [0.15, 0.2) is 52.0 Å². The topological polar surface area (TPSA) is 106 Å². The van der Waals surface area contributed by atoms with E-state index < -0.39 is 4.92 Å². The van der Waals surface area contributed by atoms with E-state index in [2.05, 4.69) is 5.10 Å². The number of aryl methyl sites for hydroxylation is 1. The first-order valence-electron chi connectivity index (χ1n) is 9.39. The van der Waals surface area contributed by atoms with Crippen LogP contribution in [-0.4, -0.2) is 28.0 Å². The molecule has 3 aliphatic rings. The standard InChI is InChI=1S/C21H17N3O5/c1-11-2-3-12(9-16(11)24(27)28)17-7-6-15(29-17)10-22-23-20(25)18-13-4-5-14(8-13)19(18)21(23)26/h2-7,9-10,13-14,18-19H,8H2,1H3/t13-,14-,18-,19+/m0/s1. The molecular weight excluding hydrogens is 374 g/mol. The third kappa shape index (κ3) is 2.63. The van der Waals surface area contributed by atoms with Gasteiger partial charge in [0.15, 0.2) is 0 Å². The second kappa shape index (κ2) is 6.23. The molecule has 4 atom stereocenters. The minimum Gasteiger partial charge on any atom is -0.455 e. The van der Waals surface area contributed by atoms with Crippen molar-refractivity contribution in [2.45, 2.75) is 13.3 Å². The number of nitro groups is 1. The SMILES string of the molecule is Cc1ccc(-c2ccc(C=NN3C(=O)[C@@H]4[C@H](C3=O)[C@H]3C=C[C@H]4C3)o2)cc1[N+](=O)[O-]. The van der Waals surface area contributed by atoms with Gasteiger partial charge in [0.25, 0.3) is 17.5 Å². The van der Waals surface area contributed by atoms with Gasteiger partial charge in [-0.1, -0.05) is 24.3 Å². The zero-order valence-corrected chi connectivity index (χ0v) is 15.5. The maximum atomic E-state index is 12.6. The van der Waals surface area contributed by atoms with E-state index in [9.17, 15) is 19.7 Å². The molecule has 2 heterocycles. The van der Waals surface area contributed by atoms with Crippen molar-refractivity contribution < 1.29 is 18.9 Å². The number of nitrogens with zero attached hydrogens (tertiary/aromatic N) is 3. The molecule has 2 fully saturated rings. The fourth-order valence-electron chi connectivity index (χ4n) is 4.65. The maximum Gasteiger partial charge on any atom is 0.273 e. The van der Waals surface area contributed by atoms with E-state index in [1.165, 1.54) is 12.3 Å².